The molecule has 0 amide bonds. The maximum atomic E-state index is 14.2. The van der Waals surface area contributed by atoms with Crippen LogP contribution in [0.25, 0.3) is 33.9 Å². The molecule has 0 aliphatic carbocycles. The summed E-state index contributed by atoms with van der Waals surface area (Å²) in [4.78, 5) is 8.54. The number of fused-ring (bicyclic) bond motifs is 1. The summed E-state index contributed by atoms with van der Waals surface area (Å²) in [5.41, 5.74) is 1.63. The molecule has 0 radical (unpaired) electrons. The molecule has 2 heterocycles. The quantitative estimate of drug-likeness (QED) is 0.245. The minimum absolute atomic E-state index is 0.0343. The van der Waals surface area contributed by atoms with Crippen molar-refractivity contribution in [2.75, 3.05) is 7.11 Å². The molecule has 0 unspecified atom stereocenters. The summed E-state index contributed by atoms with van der Waals surface area (Å²) in [6, 6.07) is 12.8. The van der Waals surface area contributed by atoms with Gasteiger partial charge in [0.15, 0.2) is 17.5 Å². The van der Waals surface area contributed by atoms with Crippen molar-refractivity contribution in [3.8, 4) is 39.7 Å². The molecule has 2 aliphatic heterocycles. The van der Waals surface area contributed by atoms with Gasteiger partial charge < -0.3 is 4.74 Å². The molecule has 0 saturated carbocycles. The molecule has 0 N–H and O–H groups in total. The van der Waals surface area contributed by atoms with E-state index in [0.717, 1.165) is 12.1 Å². The molecule has 0 bridgehead atoms. The zero-order valence-corrected chi connectivity index (χ0v) is 19.6. The van der Waals surface area contributed by atoms with Gasteiger partial charge in [0.25, 0.3) is 0 Å². The number of benzene rings is 3. The fourth-order valence-electron chi connectivity index (χ4n) is 4.11. The Morgan fingerprint density at radius 1 is 0.919 bits per heavy atom. The summed E-state index contributed by atoms with van der Waals surface area (Å²) >= 11 is 0. The average Bonchev–Trinajstić information content (AvgIpc) is 3.28. The highest BCUT2D eigenvalue weighted by Gasteiger charge is 2.34. The SMILES string of the molecule is COc1cc(-c2ccc(C)cc2C(F)(F)F)ccc1Cn1cc2nc(-c3cccc(F)c3F)nc-2cn1. The fraction of sp³-hybridized carbons (Fsp3) is 0.148. The maximum Gasteiger partial charge on any atom is 0.417 e. The lowest BCUT2D eigenvalue weighted by Gasteiger charge is -2.16. The van der Waals surface area contributed by atoms with Gasteiger partial charge in [-0.05, 0) is 42.3 Å². The van der Waals surface area contributed by atoms with E-state index in [0.29, 0.717) is 33.8 Å². The largest absolute Gasteiger partial charge is 0.496 e. The topological polar surface area (TPSA) is 52.8 Å². The lowest BCUT2D eigenvalue weighted by atomic mass is 9.96. The fourth-order valence-corrected chi connectivity index (χ4v) is 4.11. The van der Waals surface area contributed by atoms with E-state index < -0.39 is 23.4 Å². The molecular formula is C27H19F5N4O. The molecule has 0 aromatic heterocycles. The smallest absolute Gasteiger partial charge is 0.417 e. The molecule has 10 heteroatoms. The second-order valence-corrected chi connectivity index (χ2v) is 8.46. The van der Waals surface area contributed by atoms with Crippen LogP contribution in [0.15, 0.2) is 67.0 Å². The van der Waals surface area contributed by atoms with Crippen molar-refractivity contribution in [3.05, 3.63) is 95.3 Å². The second kappa shape index (κ2) is 9.27. The number of nitrogens with zero attached hydrogens (tertiary/aromatic N) is 4. The standard InChI is InChI=1S/C27H19F5N4O/c1-15-6-9-18(20(10-15)27(30,31)32)16-7-8-17(24(11-16)37-2)13-36-14-23-22(12-33-36)34-26(35-23)19-4-3-5-21(28)25(19)29/h3-12,14H,13H2,1-2H3. The van der Waals surface area contributed by atoms with Crippen LogP contribution in [0.2, 0.25) is 0 Å². The van der Waals surface area contributed by atoms with Gasteiger partial charge in [0.1, 0.15) is 17.1 Å². The second-order valence-electron chi connectivity index (χ2n) is 8.46. The first-order chi connectivity index (χ1) is 17.6. The number of imidazole rings is 1. The van der Waals surface area contributed by atoms with Crippen molar-refractivity contribution < 1.29 is 26.7 Å². The van der Waals surface area contributed by atoms with Gasteiger partial charge in [0.05, 0.1) is 37.2 Å². The number of aryl methyl sites for hydroxylation is 1. The first-order valence-electron chi connectivity index (χ1n) is 11.1. The van der Waals surface area contributed by atoms with Crippen molar-refractivity contribution in [2.45, 2.75) is 19.6 Å². The van der Waals surface area contributed by atoms with Crippen LogP contribution in [0.3, 0.4) is 0 Å². The van der Waals surface area contributed by atoms with Crippen LogP contribution in [0.4, 0.5) is 22.0 Å². The number of alkyl halides is 3. The van der Waals surface area contributed by atoms with Crippen molar-refractivity contribution in [1.29, 1.82) is 0 Å². The third-order valence-corrected chi connectivity index (χ3v) is 5.92. The van der Waals surface area contributed by atoms with Gasteiger partial charge in [-0.25, -0.2) is 18.7 Å². The minimum Gasteiger partial charge on any atom is -0.496 e. The third-order valence-electron chi connectivity index (χ3n) is 5.92. The summed E-state index contributed by atoms with van der Waals surface area (Å²) in [5.74, 6) is -1.61. The highest BCUT2D eigenvalue weighted by Crippen LogP contribution is 2.39. The number of hydrogen-bond donors (Lipinski definition) is 0. The highest BCUT2D eigenvalue weighted by atomic mass is 19.4. The number of halogens is 5. The average molecular weight is 510 g/mol. The zero-order valence-electron chi connectivity index (χ0n) is 19.6. The van der Waals surface area contributed by atoms with Crippen LogP contribution in [0, 0.1) is 18.6 Å². The molecule has 37 heavy (non-hydrogen) atoms. The molecule has 188 valence electrons. The van der Waals surface area contributed by atoms with Crippen molar-refractivity contribution in [2.24, 2.45) is 0 Å². The predicted molar refractivity (Wildman–Crippen MR) is 127 cm³/mol. The van der Waals surface area contributed by atoms with E-state index in [2.05, 4.69) is 15.1 Å². The molecule has 0 atom stereocenters. The molecule has 0 saturated heterocycles. The van der Waals surface area contributed by atoms with Crippen LogP contribution in [0.1, 0.15) is 16.7 Å². The molecule has 5 rings (SSSR count). The number of ether oxygens (including phenoxy) is 1. The van der Waals surface area contributed by atoms with E-state index in [1.165, 1.54) is 31.5 Å². The Kier molecular flexibility index (Phi) is 6.10. The number of rotatable bonds is 5. The molecule has 5 nitrogen and oxygen atoms in total. The molecule has 2 aliphatic rings. The summed E-state index contributed by atoms with van der Waals surface area (Å²) in [6.45, 7) is 1.83. The Morgan fingerprint density at radius 3 is 2.46 bits per heavy atom. The molecule has 0 fully saturated rings. The number of methoxy groups -OCH3 is 1. The maximum absolute atomic E-state index is 14.2. The highest BCUT2D eigenvalue weighted by molar-refractivity contribution is 5.71. The Hall–Kier alpha value is -4.34. The molecule has 0 spiro atoms. The zero-order chi connectivity index (χ0) is 26.3. The predicted octanol–water partition coefficient (Wildman–Crippen LogP) is 6.77. The van der Waals surface area contributed by atoms with Gasteiger partial charge in [0.2, 0.25) is 0 Å². The Bertz CT molecular complexity index is 1580. The Morgan fingerprint density at radius 2 is 1.70 bits per heavy atom. The number of hydrogen-bond acceptors (Lipinski definition) is 4. The number of aromatic nitrogens is 4. The molecular weight excluding hydrogens is 491 g/mol. The summed E-state index contributed by atoms with van der Waals surface area (Å²) in [5, 5.41) is 4.30. The minimum atomic E-state index is -4.50. The van der Waals surface area contributed by atoms with Gasteiger partial charge in [0, 0.05) is 5.56 Å². The summed E-state index contributed by atoms with van der Waals surface area (Å²) in [6.07, 6.45) is -1.46. The summed E-state index contributed by atoms with van der Waals surface area (Å²) in [7, 11) is 1.44. The molecule has 3 aromatic rings. The van der Waals surface area contributed by atoms with Crippen LogP contribution in [0.5, 0.6) is 5.75 Å². The normalized spacial score (nSPS) is 11.8. The van der Waals surface area contributed by atoms with E-state index in [1.807, 2.05) is 0 Å². The van der Waals surface area contributed by atoms with Crippen LogP contribution in [-0.2, 0) is 12.7 Å². The van der Waals surface area contributed by atoms with E-state index in [1.54, 1.807) is 42.1 Å². The van der Waals surface area contributed by atoms with Crippen molar-refractivity contribution >= 4 is 0 Å². The van der Waals surface area contributed by atoms with E-state index >= 15 is 0 Å². The van der Waals surface area contributed by atoms with Gasteiger partial charge in [-0.15, -0.1) is 0 Å². The van der Waals surface area contributed by atoms with Gasteiger partial charge in [-0.2, -0.15) is 18.3 Å². The molecule has 3 aromatic carbocycles. The van der Waals surface area contributed by atoms with Gasteiger partial charge >= 0.3 is 6.18 Å². The van der Waals surface area contributed by atoms with E-state index in [9.17, 15) is 22.0 Å². The van der Waals surface area contributed by atoms with E-state index in [-0.39, 0.29) is 23.5 Å². The lowest BCUT2D eigenvalue weighted by Crippen LogP contribution is -2.08. The van der Waals surface area contributed by atoms with Gasteiger partial charge in [-0.3, -0.25) is 4.68 Å². The van der Waals surface area contributed by atoms with Crippen molar-refractivity contribution in [1.82, 2.24) is 19.7 Å². The van der Waals surface area contributed by atoms with E-state index in [4.69, 9.17) is 4.74 Å². The Balaban J connectivity index is 1.47. The van der Waals surface area contributed by atoms with Crippen LogP contribution >= 0.6 is 0 Å². The van der Waals surface area contributed by atoms with Crippen molar-refractivity contribution in [3.63, 3.8) is 0 Å². The third kappa shape index (κ3) is 4.74. The van der Waals surface area contributed by atoms with Crippen LogP contribution < -0.4 is 4.74 Å². The lowest BCUT2D eigenvalue weighted by molar-refractivity contribution is -0.137. The van der Waals surface area contributed by atoms with Gasteiger partial charge in [-0.1, -0.05) is 35.9 Å². The first kappa shape index (κ1) is 24.4. The Labute approximate surface area is 208 Å². The summed E-state index contributed by atoms with van der Waals surface area (Å²) < 4.78 is 75.8. The first-order valence-corrected chi connectivity index (χ1v) is 11.1. The monoisotopic (exact) mass is 510 g/mol. The van der Waals surface area contributed by atoms with Crippen LogP contribution in [-0.4, -0.2) is 26.9 Å².